The number of nitrogens with zero attached hydrogens (tertiary/aromatic N) is 2. The van der Waals surface area contributed by atoms with Crippen LogP contribution in [0.2, 0.25) is 0 Å². The second kappa shape index (κ2) is 10.9. The van der Waals surface area contributed by atoms with Gasteiger partial charge in [0, 0.05) is 43.1 Å². The number of ketones is 1. The number of aliphatic hydroxyl groups excluding tert-OH is 1. The number of benzene rings is 3. The minimum atomic E-state index is -0.125. The van der Waals surface area contributed by atoms with E-state index in [2.05, 4.69) is 70.5 Å². The Bertz CT molecular complexity index is 1350. The number of para-hydroxylation sites is 2. The summed E-state index contributed by atoms with van der Waals surface area (Å²) in [5.41, 5.74) is 5.72. The molecule has 35 heavy (non-hydrogen) atoms. The van der Waals surface area contributed by atoms with E-state index in [0.29, 0.717) is 0 Å². The number of anilines is 3. The Labute approximate surface area is 227 Å². The van der Waals surface area contributed by atoms with Crippen LogP contribution in [0.1, 0.15) is 13.8 Å². The molecule has 178 valence electrons. The van der Waals surface area contributed by atoms with Crippen LogP contribution in [0.4, 0.5) is 17.1 Å². The second-order valence-electron chi connectivity index (χ2n) is 7.81. The van der Waals surface area contributed by atoms with Gasteiger partial charge in [-0.3, -0.25) is 4.79 Å². The number of hydrogen-bond donors (Lipinski definition) is 1. The van der Waals surface area contributed by atoms with Crippen LogP contribution in [0.25, 0.3) is 11.3 Å². The first-order chi connectivity index (χ1) is 16.5. The molecule has 4 aromatic rings. The third-order valence-electron chi connectivity index (χ3n) is 5.19. The van der Waals surface area contributed by atoms with Gasteiger partial charge in [-0.1, -0.05) is 36.4 Å². The average molecular weight is 677 g/mol. The Balaban J connectivity index is 0.000000320. The predicted molar refractivity (Wildman–Crippen MR) is 139 cm³/mol. The summed E-state index contributed by atoms with van der Waals surface area (Å²) < 4.78 is 0. The van der Waals surface area contributed by atoms with E-state index in [0.717, 1.165) is 16.2 Å². The molecule has 0 amide bonds. The number of aliphatic hydroxyl groups is 1. The van der Waals surface area contributed by atoms with Crippen molar-refractivity contribution in [1.82, 2.24) is 4.98 Å². The van der Waals surface area contributed by atoms with Crippen molar-refractivity contribution in [3.63, 3.8) is 0 Å². The molecule has 0 unspecified atom stereocenters. The molecular weight excluding hydrogens is 656 g/mol. The van der Waals surface area contributed by atoms with E-state index >= 15 is 0 Å². The standard InChI is InChI=1S/C23H13N2S2.C5H8O2.Pt/c1-3-10-19-17(8-1)25-18-9-2-4-11-20(18)27-22-14-15(13-21(26-19)23(22)25)16-7-5-6-12-24-16;1-4(6)3-5(2)7;/h1-13H;3,6H,1-2H3;/q-1;;/b;4-3-;. The molecule has 1 aromatic heterocycles. The van der Waals surface area contributed by atoms with Crippen LogP contribution in [-0.4, -0.2) is 15.9 Å². The summed E-state index contributed by atoms with van der Waals surface area (Å²) in [6.45, 7) is 2.85. The van der Waals surface area contributed by atoms with Crippen LogP contribution in [0, 0.1) is 6.07 Å². The van der Waals surface area contributed by atoms with Gasteiger partial charge in [-0.25, -0.2) is 0 Å². The monoisotopic (exact) mass is 676 g/mol. The molecule has 0 saturated carbocycles. The van der Waals surface area contributed by atoms with Crippen molar-refractivity contribution in [2.75, 3.05) is 4.90 Å². The third-order valence-corrected chi connectivity index (χ3v) is 7.35. The average Bonchev–Trinajstić information content (AvgIpc) is 2.83. The van der Waals surface area contributed by atoms with E-state index in [1.165, 1.54) is 51.7 Å². The number of allylic oxidation sites excluding steroid dienone is 2. The van der Waals surface area contributed by atoms with Crippen LogP contribution in [0.15, 0.2) is 110 Å². The van der Waals surface area contributed by atoms with E-state index in [-0.39, 0.29) is 32.6 Å². The number of carbonyl (C=O) groups is 1. The minimum absolute atomic E-state index is 0. The van der Waals surface area contributed by atoms with Crippen molar-refractivity contribution in [1.29, 1.82) is 0 Å². The van der Waals surface area contributed by atoms with Gasteiger partial charge in [0.15, 0.2) is 5.78 Å². The summed E-state index contributed by atoms with van der Waals surface area (Å²) in [5, 5.41) is 8.36. The number of fused-ring (bicyclic) bond motifs is 4. The molecule has 3 aromatic carbocycles. The van der Waals surface area contributed by atoms with Crippen molar-refractivity contribution in [3.8, 4) is 11.3 Å². The first kappa shape index (κ1) is 25.3. The first-order valence-electron chi connectivity index (χ1n) is 10.7. The van der Waals surface area contributed by atoms with Crippen molar-refractivity contribution < 1.29 is 31.0 Å². The van der Waals surface area contributed by atoms with Crippen LogP contribution in [-0.2, 0) is 25.9 Å². The molecule has 2 aliphatic rings. The Morgan fingerprint density at radius 3 is 2.11 bits per heavy atom. The molecule has 1 N–H and O–H groups in total. The van der Waals surface area contributed by atoms with Crippen LogP contribution < -0.4 is 4.90 Å². The summed E-state index contributed by atoms with van der Waals surface area (Å²) in [6, 6.07) is 29.1. The zero-order valence-electron chi connectivity index (χ0n) is 19.0. The van der Waals surface area contributed by atoms with Crippen molar-refractivity contribution in [2.45, 2.75) is 33.4 Å². The molecular formula is C28H21N2O2PtS2-. The summed E-state index contributed by atoms with van der Waals surface area (Å²) in [4.78, 5) is 21.9. The topological polar surface area (TPSA) is 53.4 Å². The Kier molecular flexibility index (Phi) is 7.85. The van der Waals surface area contributed by atoms with E-state index in [9.17, 15) is 4.79 Å². The maximum atomic E-state index is 10.0. The summed E-state index contributed by atoms with van der Waals surface area (Å²) >= 11 is 3.63. The van der Waals surface area contributed by atoms with Gasteiger partial charge in [-0.05, 0) is 65.4 Å². The Hall–Kier alpha value is -2.79. The maximum Gasteiger partial charge on any atom is 0.155 e. The number of hydrogen-bond acceptors (Lipinski definition) is 6. The smallest absolute Gasteiger partial charge is 0.155 e. The molecule has 0 fully saturated rings. The van der Waals surface area contributed by atoms with Gasteiger partial charge in [-0.2, -0.15) is 0 Å². The van der Waals surface area contributed by atoms with E-state index in [1.54, 1.807) is 11.8 Å². The number of aromatic nitrogens is 1. The molecule has 7 heteroatoms. The van der Waals surface area contributed by atoms with E-state index in [1.807, 2.05) is 36.2 Å². The fourth-order valence-electron chi connectivity index (χ4n) is 3.90. The number of rotatable bonds is 2. The summed E-state index contributed by atoms with van der Waals surface area (Å²) in [6.07, 6.45) is 3.01. The molecule has 4 nitrogen and oxygen atoms in total. The zero-order valence-corrected chi connectivity index (χ0v) is 22.9. The molecule has 3 heterocycles. The molecule has 0 bridgehead atoms. The van der Waals surface area contributed by atoms with E-state index < -0.39 is 0 Å². The normalized spacial score (nSPS) is 12.7. The number of pyridine rings is 1. The number of carbonyl (C=O) groups excluding carboxylic acids is 1. The zero-order chi connectivity index (χ0) is 23.7. The summed E-state index contributed by atoms with van der Waals surface area (Å²) in [7, 11) is 0. The van der Waals surface area contributed by atoms with Gasteiger partial charge in [-0.15, -0.1) is 41.2 Å². The third kappa shape index (κ3) is 5.25. The van der Waals surface area contributed by atoms with Gasteiger partial charge in [0.05, 0.1) is 17.1 Å². The molecule has 0 atom stereocenters. The van der Waals surface area contributed by atoms with Crippen molar-refractivity contribution >= 4 is 46.4 Å². The Morgan fingerprint density at radius 1 is 0.914 bits per heavy atom. The first-order valence-corrected chi connectivity index (χ1v) is 12.4. The molecule has 6 rings (SSSR count). The van der Waals surface area contributed by atoms with Crippen molar-refractivity contribution in [3.05, 3.63) is 96.9 Å². The molecule has 0 saturated heterocycles. The van der Waals surface area contributed by atoms with Gasteiger partial charge in [0.25, 0.3) is 0 Å². The molecule has 0 spiro atoms. The largest absolute Gasteiger partial charge is 0.512 e. The van der Waals surface area contributed by atoms with Crippen LogP contribution in [0.5, 0.6) is 0 Å². The fourth-order valence-corrected chi connectivity index (χ4v) is 6.17. The minimum Gasteiger partial charge on any atom is -0.512 e. The van der Waals surface area contributed by atoms with Gasteiger partial charge in [0.2, 0.25) is 0 Å². The van der Waals surface area contributed by atoms with Gasteiger partial charge < -0.3 is 15.0 Å². The van der Waals surface area contributed by atoms with Crippen molar-refractivity contribution in [2.24, 2.45) is 0 Å². The quantitative estimate of drug-likeness (QED) is 0.114. The van der Waals surface area contributed by atoms with E-state index in [4.69, 9.17) is 5.11 Å². The molecule has 0 radical (unpaired) electrons. The maximum absolute atomic E-state index is 10.0. The predicted octanol–water partition coefficient (Wildman–Crippen LogP) is 7.98. The molecule has 0 aliphatic carbocycles. The van der Waals surface area contributed by atoms with Crippen LogP contribution in [0.3, 0.4) is 0 Å². The van der Waals surface area contributed by atoms with Crippen LogP contribution >= 0.6 is 23.5 Å². The Morgan fingerprint density at radius 2 is 1.54 bits per heavy atom. The fraction of sp³-hybridized carbons (Fsp3) is 0.0714. The second-order valence-corrected chi connectivity index (χ2v) is 9.95. The van der Waals surface area contributed by atoms with Gasteiger partial charge in [0.1, 0.15) is 0 Å². The van der Waals surface area contributed by atoms with Gasteiger partial charge >= 0.3 is 0 Å². The molecule has 2 aliphatic heterocycles. The SMILES string of the molecule is CC(=O)/C=C(/C)O.[Pt].[c-]1c(-c2ccccn2)cc2c3c1Sc1ccccc1N3c1ccccc1S2. The summed E-state index contributed by atoms with van der Waals surface area (Å²) in [5.74, 6) is -0.0625.